The third-order valence-electron chi connectivity index (χ3n) is 2.14. The lowest BCUT2D eigenvalue weighted by molar-refractivity contribution is 0.563. The van der Waals surface area contributed by atoms with Gasteiger partial charge in [0, 0.05) is 0 Å². The van der Waals surface area contributed by atoms with Gasteiger partial charge in [-0.3, -0.25) is 0 Å². The summed E-state index contributed by atoms with van der Waals surface area (Å²) in [5, 5.41) is 12.6. The Kier molecular flexibility index (Phi) is 2.10. The standard InChI is InChI=1S/C9H7N5OS/c1-16-9-10-4-6-2-3-7(14(6)13-9)8-12-11-5-15-8/h2-5H,1H3. The number of aromatic nitrogens is 5. The van der Waals surface area contributed by atoms with Crippen LogP contribution in [0.25, 0.3) is 17.1 Å². The van der Waals surface area contributed by atoms with E-state index in [0.29, 0.717) is 11.0 Å². The largest absolute Gasteiger partial charge is 0.422 e. The molecule has 0 bridgehead atoms. The Bertz CT molecular complexity index is 618. The number of rotatable bonds is 2. The quantitative estimate of drug-likeness (QED) is 0.625. The van der Waals surface area contributed by atoms with Gasteiger partial charge in [-0.25, -0.2) is 9.50 Å². The summed E-state index contributed by atoms with van der Waals surface area (Å²) in [6.45, 7) is 0. The zero-order chi connectivity index (χ0) is 11.0. The van der Waals surface area contributed by atoms with E-state index < -0.39 is 0 Å². The van der Waals surface area contributed by atoms with Gasteiger partial charge < -0.3 is 4.42 Å². The van der Waals surface area contributed by atoms with Crippen molar-refractivity contribution in [2.24, 2.45) is 0 Å². The van der Waals surface area contributed by atoms with Gasteiger partial charge in [-0.05, 0) is 18.4 Å². The Hall–Kier alpha value is -1.89. The van der Waals surface area contributed by atoms with Crippen molar-refractivity contribution in [1.29, 1.82) is 0 Å². The van der Waals surface area contributed by atoms with Crippen molar-refractivity contribution in [2.75, 3.05) is 6.26 Å². The average molecular weight is 233 g/mol. The monoisotopic (exact) mass is 233 g/mol. The summed E-state index contributed by atoms with van der Waals surface area (Å²) < 4.78 is 6.89. The van der Waals surface area contributed by atoms with Crippen molar-refractivity contribution in [1.82, 2.24) is 24.8 Å². The van der Waals surface area contributed by atoms with Crippen LogP contribution < -0.4 is 0 Å². The van der Waals surface area contributed by atoms with Crippen LogP contribution in [0.15, 0.2) is 34.3 Å². The minimum Gasteiger partial charge on any atom is -0.422 e. The number of thioether (sulfide) groups is 1. The topological polar surface area (TPSA) is 69.1 Å². The third-order valence-corrected chi connectivity index (χ3v) is 2.69. The van der Waals surface area contributed by atoms with E-state index in [0.717, 1.165) is 11.2 Å². The molecule has 0 saturated heterocycles. The van der Waals surface area contributed by atoms with E-state index in [-0.39, 0.29) is 0 Å². The summed E-state index contributed by atoms with van der Waals surface area (Å²) in [4.78, 5) is 4.18. The zero-order valence-corrected chi connectivity index (χ0v) is 9.18. The normalized spacial score (nSPS) is 11.1. The molecule has 7 heteroatoms. The molecule has 0 aliphatic carbocycles. The second-order valence-electron chi connectivity index (χ2n) is 3.04. The maximum absolute atomic E-state index is 5.15. The van der Waals surface area contributed by atoms with Crippen molar-refractivity contribution < 1.29 is 4.42 Å². The second-order valence-corrected chi connectivity index (χ2v) is 3.82. The van der Waals surface area contributed by atoms with Gasteiger partial charge >= 0.3 is 0 Å². The first kappa shape index (κ1) is 9.34. The molecule has 0 aromatic carbocycles. The van der Waals surface area contributed by atoms with Crippen LogP contribution in [0.2, 0.25) is 0 Å². The summed E-state index contributed by atoms with van der Waals surface area (Å²) in [6.07, 6.45) is 4.99. The minimum absolute atomic E-state index is 0.450. The van der Waals surface area contributed by atoms with E-state index in [9.17, 15) is 0 Å². The van der Waals surface area contributed by atoms with Crippen LogP contribution in [0.1, 0.15) is 0 Å². The van der Waals surface area contributed by atoms with E-state index >= 15 is 0 Å². The SMILES string of the molecule is CSc1ncc2ccc(-c3nnco3)n2n1. The molecule has 0 N–H and O–H groups in total. The highest BCUT2D eigenvalue weighted by Gasteiger charge is 2.10. The number of hydrogen-bond donors (Lipinski definition) is 0. The smallest absolute Gasteiger partial charge is 0.266 e. The fourth-order valence-corrected chi connectivity index (χ4v) is 1.75. The molecule has 0 spiro atoms. The van der Waals surface area contributed by atoms with Gasteiger partial charge in [-0.2, -0.15) is 0 Å². The van der Waals surface area contributed by atoms with Crippen LogP contribution in [0.4, 0.5) is 0 Å². The van der Waals surface area contributed by atoms with Crippen LogP contribution in [0.3, 0.4) is 0 Å². The van der Waals surface area contributed by atoms with Gasteiger partial charge in [-0.15, -0.1) is 15.3 Å². The molecule has 6 nitrogen and oxygen atoms in total. The first-order chi connectivity index (χ1) is 7.88. The van der Waals surface area contributed by atoms with Crippen molar-refractivity contribution in [3.8, 4) is 11.6 Å². The number of fused-ring (bicyclic) bond motifs is 1. The van der Waals surface area contributed by atoms with E-state index in [4.69, 9.17) is 4.42 Å². The molecular formula is C9H7N5OS. The van der Waals surface area contributed by atoms with Crippen LogP contribution in [0.5, 0.6) is 0 Å². The fraction of sp³-hybridized carbons (Fsp3) is 0.111. The summed E-state index contributed by atoms with van der Waals surface area (Å²) in [5.41, 5.74) is 1.66. The van der Waals surface area contributed by atoms with E-state index in [1.54, 1.807) is 10.7 Å². The van der Waals surface area contributed by atoms with Crippen molar-refractivity contribution in [3.05, 3.63) is 24.7 Å². The predicted molar refractivity (Wildman–Crippen MR) is 58.1 cm³/mol. The van der Waals surface area contributed by atoms with Crippen LogP contribution >= 0.6 is 11.8 Å². The summed E-state index contributed by atoms with van der Waals surface area (Å²) >= 11 is 1.48. The Balaban J connectivity index is 2.25. The molecule has 80 valence electrons. The van der Waals surface area contributed by atoms with Gasteiger partial charge in [-0.1, -0.05) is 11.8 Å². The summed E-state index contributed by atoms with van der Waals surface area (Å²) in [5.74, 6) is 0.450. The highest BCUT2D eigenvalue weighted by atomic mass is 32.2. The van der Waals surface area contributed by atoms with Gasteiger partial charge in [0.05, 0.1) is 11.7 Å². The Labute approximate surface area is 94.7 Å². The highest BCUT2D eigenvalue weighted by Crippen LogP contribution is 2.19. The maximum atomic E-state index is 5.15. The number of nitrogens with zero attached hydrogens (tertiary/aromatic N) is 5. The molecular weight excluding hydrogens is 226 g/mol. The average Bonchev–Trinajstić information content (AvgIpc) is 2.96. The minimum atomic E-state index is 0.450. The molecule has 3 aromatic rings. The highest BCUT2D eigenvalue weighted by molar-refractivity contribution is 7.98. The van der Waals surface area contributed by atoms with Crippen molar-refractivity contribution in [3.63, 3.8) is 0 Å². The molecule has 0 saturated carbocycles. The lowest BCUT2D eigenvalue weighted by atomic mass is 10.4. The molecule has 3 rings (SSSR count). The first-order valence-electron chi connectivity index (χ1n) is 4.54. The maximum Gasteiger partial charge on any atom is 0.266 e. The molecule has 0 radical (unpaired) electrons. The molecule has 0 aliphatic heterocycles. The predicted octanol–water partition coefficient (Wildman–Crippen LogP) is 1.50. The molecule has 3 aromatic heterocycles. The van der Waals surface area contributed by atoms with Gasteiger partial charge in [0.25, 0.3) is 5.89 Å². The number of hydrogen-bond acceptors (Lipinski definition) is 6. The molecule has 3 heterocycles. The van der Waals surface area contributed by atoms with E-state index in [2.05, 4.69) is 20.3 Å². The van der Waals surface area contributed by atoms with Crippen LogP contribution in [-0.4, -0.2) is 31.1 Å². The van der Waals surface area contributed by atoms with Gasteiger partial charge in [0.2, 0.25) is 11.6 Å². The van der Waals surface area contributed by atoms with E-state index in [1.807, 2.05) is 18.4 Å². The lowest BCUT2D eigenvalue weighted by Gasteiger charge is -1.99. The Morgan fingerprint density at radius 1 is 1.38 bits per heavy atom. The Morgan fingerprint density at radius 2 is 2.31 bits per heavy atom. The molecule has 0 amide bonds. The molecule has 0 atom stereocenters. The fourth-order valence-electron chi connectivity index (χ4n) is 1.43. The Morgan fingerprint density at radius 3 is 3.06 bits per heavy atom. The molecule has 0 fully saturated rings. The summed E-state index contributed by atoms with van der Waals surface area (Å²) in [7, 11) is 0. The van der Waals surface area contributed by atoms with Gasteiger partial charge in [0.15, 0.2) is 0 Å². The molecule has 0 aliphatic rings. The summed E-state index contributed by atoms with van der Waals surface area (Å²) in [6, 6.07) is 3.78. The molecule has 0 unspecified atom stereocenters. The van der Waals surface area contributed by atoms with Crippen LogP contribution in [0, 0.1) is 0 Å². The zero-order valence-electron chi connectivity index (χ0n) is 8.36. The first-order valence-corrected chi connectivity index (χ1v) is 5.76. The van der Waals surface area contributed by atoms with Crippen molar-refractivity contribution >= 4 is 17.3 Å². The van der Waals surface area contributed by atoms with E-state index in [1.165, 1.54) is 18.2 Å². The van der Waals surface area contributed by atoms with Gasteiger partial charge in [0.1, 0.15) is 5.69 Å². The second kappa shape index (κ2) is 3.60. The third kappa shape index (κ3) is 1.36. The lowest BCUT2D eigenvalue weighted by Crippen LogP contribution is -1.97. The molecule has 16 heavy (non-hydrogen) atoms. The van der Waals surface area contributed by atoms with Crippen LogP contribution in [-0.2, 0) is 0 Å². The van der Waals surface area contributed by atoms with Crippen molar-refractivity contribution in [2.45, 2.75) is 5.16 Å².